The third-order valence-corrected chi connectivity index (χ3v) is 3.35. The van der Waals surface area contributed by atoms with Crippen LogP contribution >= 0.6 is 0 Å². The second-order valence-corrected chi connectivity index (χ2v) is 4.89. The molecule has 110 valence electrons. The molecule has 2 N–H and O–H groups in total. The number of ether oxygens (including phenoxy) is 2. The van der Waals surface area contributed by atoms with E-state index >= 15 is 0 Å². The zero-order valence-corrected chi connectivity index (χ0v) is 12.1. The SMILES string of the molecule is COc1cccc(CNCCNC(=O)C2CC2)c1OC. The summed E-state index contributed by atoms with van der Waals surface area (Å²) in [6.07, 6.45) is 2.08. The molecule has 1 aliphatic carbocycles. The Hall–Kier alpha value is -1.75. The Labute approximate surface area is 119 Å². The number of para-hydroxylation sites is 1. The average molecular weight is 278 g/mol. The molecule has 5 nitrogen and oxygen atoms in total. The largest absolute Gasteiger partial charge is 0.493 e. The molecular formula is C15H22N2O3. The van der Waals surface area contributed by atoms with E-state index in [-0.39, 0.29) is 11.8 Å². The summed E-state index contributed by atoms with van der Waals surface area (Å²) in [5.41, 5.74) is 1.04. The van der Waals surface area contributed by atoms with E-state index in [1.165, 1.54) is 0 Å². The van der Waals surface area contributed by atoms with E-state index in [1.54, 1.807) is 14.2 Å². The lowest BCUT2D eigenvalue weighted by atomic mass is 10.2. The van der Waals surface area contributed by atoms with Gasteiger partial charge in [0.05, 0.1) is 14.2 Å². The molecule has 2 rings (SSSR count). The lowest BCUT2D eigenvalue weighted by Gasteiger charge is -2.13. The maximum absolute atomic E-state index is 11.4. The van der Waals surface area contributed by atoms with Crippen LogP contribution in [-0.4, -0.2) is 33.2 Å². The van der Waals surface area contributed by atoms with Crippen molar-refractivity contribution < 1.29 is 14.3 Å². The first kappa shape index (κ1) is 14.7. The molecule has 0 heterocycles. The van der Waals surface area contributed by atoms with Crippen molar-refractivity contribution in [3.05, 3.63) is 23.8 Å². The van der Waals surface area contributed by atoms with Crippen LogP contribution in [0.15, 0.2) is 18.2 Å². The van der Waals surface area contributed by atoms with Gasteiger partial charge in [0, 0.05) is 31.1 Å². The maximum Gasteiger partial charge on any atom is 0.223 e. The highest BCUT2D eigenvalue weighted by atomic mass is 16.5. The number of carbonyl (C=O) groups is 1. The Balaban J connectivity index is 1.74. The fourth-order valence-corrected chi connectivity index (χ4v) is 2.08. The van der Waals surface area contributed by atoms with E-state index in [4.69, 9.17) is 9.47 Å². The number of methoxy groups -OCH3 is 2. The van der Waals surface area contributed by atoms with Crippen LogP contribution in [0, 0.1) is 5.92 Å². The number of amides is 1. The van der Waals surface area contributed by atoms with Crippen molar-refractivity contribution in [3.63, 3.8) is 0 Å². The van der Waals surface area contributed by atoms with Crippen molar-refractivity contribution in [2.45, 2.75) is 19.4 Å². The first-order valence-corrected chi connectivity index (χ1v) is 6.94. The smallest absolute Gasteiger partial charge is 0.223 e. The minimum Gasteiger partial charge on any atom is -0.493 e. The van der Waals surface area contributed by atoms with E-state index in [1.807, 2.05) is 18.2 Å². The molecule has 1 aromatic rings. The zero-order valence-electron chi connectivity index (χ0n) is 12.1. The Morgan fingerprint density at radius 1 is 1.25 bits per heavy atom. The third kappa shape index (κ3) is 3.87. The molecule has 0 atom stereocenters. The van der Waals surface area contributed by atoms with Gasteiger partial charge in [0.25, 0.3) is 0 Å². The summed E-state index contributed by atoms with van der Waals surface area (Å²) < 4.78 is 10.6. The van der Waals surface area contributed by atoms with Gasteiger partial charge in [-0.15, -0.1) is 0 Å². The van der Waals surface area contributed by atoms with Crippen molar-refractivity contribution in [1.82, 2.24) is 10.6 Å². The molecule has 0 saturated heterocycles. The Morgan fingerprint density at radius 2 is 2.05 bits per heavy atom. The first-order chi connectivity index (χ1) is 9.76. The summed E-state index contributed by atoms with van der Waals surface area (Å²) in [5.74, 6) is 1.94. The van der Waals surface area contributed by atoms with Crippen LogP contribution < -0.4 is 20.1 Å². The molecule has 0 unspecified atom stereocenters. The molecule has 1 saturated carbocycles. The van der Waals surface area contributed by atoms with E-state index in [0.717, 1.165) is 36.4 Å². The van der Waals surface area contributed by atoms with Crippen molar-refractivity contribution in [1.29, 1.82) is 0 Å². The Bertz CT molecular complexity index is 458. The highest BCUT2D eigenvalue weighted by Crippen LogP contribution is 2.30. The van der Waals surface area contributed by atoms with Gasteiger partial charge in [0.1, 0.15) is 0 Å². The van der Waals surface area contributed by atoms with Crippen LogP contribution in [-0.2, 0) is 11.3 Å². The van der Waals surface area contributed by atoms with Gasteiger partial charge in [-0.1, -0.05) is 12.1 Å². The van der Waals surface area contributed by atoms with Crippen LogP contribution in [0.25, 0.3) is 0 Å². The van der Waals surface area contributed by atoms with Crippen molar-refractivity contribution in [3.8, 4) is 11.5 Å². The number of nitrogens with one attached hydrogen (secondary N) is 2. The molecule has 0 aromatic heterocycles. The predicted octanol–water partition coefficient (Wildman–Crippen LogP) is 1.32. The normalized spacial score (nSPS) is 13.9. The zero-order chi connectivity index (χ0) is 14.4. The van der Waals surface area contributed by atoms with Crippen molar-refractivity contribution in [2.75, 3.05) is 27.3 Å². The molecule has 5 heteroatoms. The number of hydrogen-bond donors (Lipinski definition) is 2. The van der Waals surface area contributed by atoms with E-state index in [2.05, 4.69) is 10.6 Å². The monoisotopic (exact) mass is 278 g/mol. The summed E-state index contributed by atoms with van der Waals surface area (Å²) in [7, 11) is 3.26. The molecule has 0 aliphatic heterocycles. The molecular weight excluding hydrogens is 256 g/mol. The third-order valence-electron chi connectivity index (χ3n) is 3.35. The van der Waals surface area contributed by atoms with Crippen LogP contribution in [0.3, 0.4) is 0 Å². The Morgan fingerprint density at radius 3 is 2.70 bits per heavy atom. The molecule has 0 spiro atoms. The standard InChI is InChI=1S/C15H22N2O3/c1-19-13-5-3-4-12(14(13)20-2)10-16-8-9-17-15(18)11-6-7-11/h3-5,11,16H,6-10H2,1-2H3,(H,17,18). The van der Waals surface area contributed by atoms with E-state index in [0.29, 0.717) is 13.1 Å². The van der Waals surface area contributed by atoms with E-state index < -0.39 is 0 Å². The van der Waals surface area contributed by atoms with Crippen LogP contribution in [0.5, 0.6) is 11.5 Å². The fraction of sp³-hybridized carbons (Fsp3) is 0.533. The summed E-state index contributed by atoms with van der Waals surface area (Å²) in [6.45, 7) is 2.07. The van der Waals surface area contributed by atoms with Crippen LogP contribution in [0.4, 0.5) is 0 Å². The van der Waals surface area contributed by atoms with Gasteiger partial charge >= 0.3 is 0 Å². The fourth-order valence-electron chi connectivity index (χ4n) is 2.08. The molecule has 1 aromatic carbocycles. The molecule has 1 amide bonds. The number of rotatable bonds is 8. The van der Waals surface area contributed by atoms with E-state index in [9.17, 15) is 4.79 Å². The van der Waals surface area contributed by atoms with Crippen LogP contribution in [0.2, 0.25) is 0 Å². The van der Waals surface area contributed by atoms with Gasteiger partial charge in [-0.25, -0.2) is 0 Å². The minimum atomic E-state index is 0.186. The molecule has 1 fully saturated rings. The number of benzene rings is 1. The van der Waals surface area contributed by atoms with Gasteiger partial charge in [-0.05, 0) is 18.9 Å². The molecule has 0 radical (unpaired) electrons. The van der Waals surface area contributed by atoms with Crippen molar-refractivity contribution in [2.24, 2.45) is 5.92 Å². The van der Waals surface area contributed by atoms with Gasteiger partial charge in [-0.2, -0.15) is 0 Å². The van der Waals surface area contributed by atoms with Gasteiger partial charge < -0.3 is 20.1 Å². The first-order valence-electron chi connectivity index (χ1n) is 6.94. The predicted molar refractivity (Wildman–Crippen MR) is 77.0 cm³/mol. The second kappa shape index (κ2) is 7.14. The topological polar surface area (TPSA) is 59.6 Å². The number of hydrogen-bond acceptors (Lipinski definition) is 4. The lowest BCUT2D eigenvalue weighted by Crippen LogP contribution is -2.32. The summed E-state index contributed by atoms with van der Waals surface area (Å²) in [4.78, 5) is 11.4. The van der Waals surface area contributed by atoms with Gasteiger partial charge in [-0.3, -0.25) is 4.79 Å². The quantitative estimate of drug-likeness (QED) is 0.704. The summed E-state index contributed by atoms with van der Waals surface area (Å²) in [6, 6.07) is 5.81. The molecule has 20 heavy (non-hydrogen) atoms. The summed E-state index contributed by atoms with van der Waals surface area (Å²) >= 11 is 0. The molecule has 1 aliphatic rings. The van der Waals surface area contributed by atoms with Crippen molar-refractivity contribution >= 4 is 5.91 Å². The summed E-state index contributed by atoms with van der Waals surface area (Å²) in [5, 5.41) is 6.22. The lowest BCUT2D eigenvalue weighted by molar-refractivity contribution is -0.122. The second-order valence-electron chi connectivity index (χ2n) is 4.89. The number of carbonyl (C=O) groups excluding carboxylic acids is 1. The van der Waals surface area contributed by atoms with Gasteiger partial charge in [0.15, 0.2) is 11.5 Å². The van der Waals surface area contributed by atoms with Crippen LogP contribution in [0.1, 0.15) is 18.4 Å². The maximum atomic E-state index is 11.4. The highest BCUT2D eigenvalue weighted by Gasteiger charge is 2.28. The minimum absolute atomic E-state index is 0.186. The average Bonchev–Trinajstić information content (AvgIpc) is 3.30. The highest BCUT2D eigenvalue weighted by molar-refractivity contribution is 5.80. The molecule has 0 bridgehead atoms. The van der Waals surface area contributed by atoms with Gasteiger partial charge in [0.2, 0.25) is 5.91 Å². The Kier molecular flexibility index (Phi) is 5.24.